The molecule has 0 radical (unpaired) electrons. The monoisotopic (exact) mass is 291 g/mol. The largest absolute Gasteiger partial charge is 0.380 e. The molecular weight excluding hydrogens is 277 g/mol. The van der Waals surface area contributed by atoms with Crippen LogP contribution in [0.3, 0.4) is 0 Å². The van der Waals surface area contributed by atoms with E-state index in [4.69, 9.17) is 23.2 Å². The summed E-state index contributed by atoms with van der Waals surface area (Å²) in [5, 5.41) is 5.17. The van der Waals surface area contributed by atoms with E-state index in [1.54, 1.807) is 0 Å². The van der Waals surface area contributed by atoms with E-state index in [1.165, 1.54) is 16.7 Å². The minimum atomic E-state index is 0.395. The Morgan fingerprint density at radius 1 is 1.05 bits per heavy atom. The van der Waals surface area contributed by atoms with Gasteiger partial charge in [-0.1, -0.05) is 41.4 Å². The lowest BCUT2D eigenvalue weighted by molar-refractivity contribution is 0.773. The van der Waals surface area contributed by atoms with Crippen molar-refractivity contribution >= 4 is 28.9 Å². The van der Waals surface area contributed by atoms with Gasteiger partial charge in [0, 0.05) is 11.1 Å². The van der Waals surface area contributed by atoms with Crippen LogP contribution in [0.15, 0.2) is 36.4 Å². The third-order valence-electron chi connectivity index (χ3n) is 3.67. The van der Waals surface area contributed by atoms with Gasteiger partial charge in [-0.05, 0) is 54.7 Å². The van der Waals surface area contributed by atoms with Gasteiger partial charge in [0.05, 0.1) is 10.7 Å². The fraction of sp³-hybridized carbons (Fsp3) is 0.250. The summed E-state index contributed by atoms with van der Waals surface area (Å²) in [6, 6.07) is 12.5. The highest BCUT2D eigenvalue weighted by Gasteiger charge is 2.22. The van der Waals surface area contributed by atoms with Gasteiger partial charge in [-0.25, -0.2) is 0 Å². The number of halogens is 2. The Balaban J connectivity index is 1.81. The number of para-hydroxylation sites is 1. The Kier molecular flexibility index (Phi) is 3.42. The molecule has 1 aliphatic rings. The van der Waals surface area contributed by atoms with Crippen molar-refractivity contribution in [3.8, 4) is 0 Å². The number of hydrogen-bond donors (Lipinski definition) is 1. The summed E-state index contributed by atoms with van der Waals surface area (Å²) in [6.45, 7) is 2.08. The fourth-order valence-corrected chi connectivity index (χ4v) is 3.18. The van der Waals surface area contributed by atoms with Crippen molar-refractivity contribution < 1.29 is 0 Å². The zero-order valence-electron chi connectivity index (χ0n) is 10.7. The van der Waals surface area contributed by atoms with E-state index in [1.807, 2.05) is 18.2 Å². The molecule has 0 saturated heterocycles. The van der Waals surface area contributed by atoms with Crippen LogP contribution < -0.4 is 5.32 Å². The number of benzene rings is 2. The number of fused-ring (bicyclic) bond motifs is 1. The SMILES string of the molecule is Cc1cccc(Cl)c1NC1Cc2ccc(Cl)cc2C1. The van der Waals surface area contributed by atoms with E-state index < -0.39 is 0 Å². The van der Waals surface area contributed by atoms with Gasteiger partial charge in [0.2, 0.25) is 0 Å². The second-order valence-corrected chi connectivity index (χ2v) is 5.94. The number of anilines is 1. The van der Waals surface area contributed by atoms with Crippen molar-refractivity contribution in [1.82, 2.24) is 0 Å². The minimum absolute atomic E-state index is 0.395. The highest BCUT2D eigenvalue weighted by molar-refractivity contribution is 6.33. The van der Waals surface area contributed by atoms with Gasteiger partial charge >= 0.3 is 0 Å². The van der Waals surface area contributed by atoms with Gasteiger partial charge in [-0.2, -0.15) is 0 Å². The highest BCUT2D eigenvalue weighted by atomic mass is 35.5. The van der Waals surface area contributed by atoms with E-state index in [-0.39, 0.29) is 0 Å². The molecule has 0 fully saturated rings. The van der Waals surface area contributed by atoms with Crippen LogP contribution in [0.1, 0.15) is 16.7 Å². The maximum Gasteiger partial charge on any atom is 0.0640 e. The molecule has 3 rings (SSSR count). The highest BCUT2D eigenvalue weighted by Crippen LogP contribution is 2.31. The molecule has 1 N–H and O–H groups in total. The first kappa shape index (κ1) is 12.8. The summed E-state index contributed by atoms with van der Waals surface area (Å²) in [5.74, 6) is 0. The van der Waals surface area contributed by atoms with Gasteiger partial charge < -0.3 is 5.32 Å². The Labute approximate surface area is 123 Å². The second kappa shape index (κ2) is 5.07. The van der Waals surface area contributed by atoms with Crippen molar-refractivity contribution in [2.45, 2.75) is 25.8 Å². The van der Waals surface area contributed by atoms with Gasteiger partial charge in [0.1, 0.15) is 0 Å². The van der Waals surface area contributed by atoms with E-state index in [0.717, 1.165) is 28.6 Å². The lowest BCUT2D eigenvalue weighted by atomic mass is 10.1. The minimum Gasteiger partial charge on any atom is -0.380 e. The topological polar surface area (TPSA) is 12.0 Å². The molecule has 2 aromatic carbocycles. The van der Waals surface area contributed by atoms with E-state index in [9.17, 15) is 0 Å². The summed E-state index contributed by atoms with van der Waals surface area (Å²) in [7, 11) is 0. The molecule has 1 unspecified atom stereocenters. The predicted octanol–water partition coefficient (Wildman–Crippen LogP) is 4.88. The van der Waals surface area contributed by atoms with Crippen LogP contribution in [0.25, 0.3) is 0 Å². The number of nitrogens with one attached hydrogen (secondary N) is 1. The Morgan fingerprint density at radius 3 is 2.63 bits per heavy atom. The Hall–Kier alpha value is -1.18. The molecule has 1 atom stereocenters. The van der Waals surface area contributed by atoms with Crippen LogP contribution in [0.4, 0.5) is 5.69 Å². The molecule has 1 nitrogen and oxygen atoms in total. The molecule has 0 aliphatic heterocycles. The molecule has 3 heteroatoms. The van der Waals surface area contributed by atoms with E-state index in [0.29, 0.717) is 6.04 Å². The molecule has 2 aromatic rings. The van der Waals surface area contributed by atoms with Crippen LogP contribution in [0.5, 0.6) is 0 Å². The molecule has 98 valence electrons. The number of aryl methyl sites for hydroxylation is 1. The van der Waals surface area contributed by atoms with E-state index >= 15 is 0 Å². The molecule has 19 heavy (non-hydrogen) atoms. The molecule has 0 saturated carbocycles. The lowest BCUT2D eigenvalue weighted by Crippen LogP contribution is -2.20. The maximum atomic E-state index is 6.26. The zero-order valence-corrected chi connectivity index (χ0v) is 12.2. The average Bonchev–Trinajstić information content (AvgIpc) is 2.75. The van der Waals surface area contributed by atoms with Crippen molar-refractivity contribution in [3.05, 3.63) is 63.1 Å². The van der Waals surface area contributed by atoms with Crippen LogP contribution in [0.2, 0.25) is 10.0 Å². The predicted molar refractivity (Wildman–Crippen MR) is 82.5 cm³/mol. The van der Waals surface area contributed by atoms with Crippen LogP contribution in [-0.2, 0) is 12.8 Å². The number of hydrogen-bond acceptors (Lipinski definition) is 1. The van der Waals surface area contributed by atoms with Crippen LogP contribution >= 0.6 is 23.2 Å². The molecule has 0 aromatic heterocycles. The Bertz CT molecular complexity index is 602. The summed E-state index contributed by atoms with van der Waals surface area (Å²) >= 11 is 12.3. The van der Waals surface area contributed by atoms with Crippen molar-refractivity contribution in [1.29, 1.82) is 0 Å². The molecular formula is C16H15Cl2N. The quantitative estimate of drug-likeness (QED) is 0.831. The standard InChI is InChI=1S/C16H15Cl2N/c1-10-3-2-4-15(18)16(10)19-14-8-11-5-6-13(17)7-12(11)9-14/h2-7,14,19H,8-9H2,1H3. The second-order valence-electron chi connectivity index (χ2n) is 5.09. The normalized spacial score (nSPS) is 17.3. The van der Waals surface area contributed by atoms with Gasteiger partial charge in [0.15, 0.2) is 0 Å². The van der Waals surface area contributed by atoms with Gasteiger partial charge in [0.25, 0.3) is 0 Å². The fourth-order valence-electron chi connectivity index (χ4n) is 2.71. The summed E-state index contributed by atoms with van der Waals surface area (Å²) in [6.07, 6.45) is 2.03. The number of rotatable bonds is 2. The molecule has 0 amide bonds. The van der Waals surface area contributed by atoms with Crippen molar-refractivity contribution in [3.63, 3.8) is 0 Å². The van der Waals surface area contributed by atoms with E-state index in [2.05, 4.69) is 30.4 Å². The van der Waals surface area contributed by atoms with Gasteiger partial charge in [-0.3, -0.25) is 0 Å². The van der Waals surface area contributed by atoms with Crippen LogP contribution in [-0.4, -0.2) is 6.04 Å². The average molecular weight is 292 g/mol. The first-order chi connectivity index (χ1) is 9.13. The molecule has 0 heterocycles. The molecule has 0 spiro atoms. The molecule has 0 bridgehead atoms. The summed E-state index contributed by atoms with van der Waals surface area (Å²) in [4.78, 5) is 0. The summed E-state index contributed by atoms with van der Waals surface area (Å²) < 4.78 is 0. The smallest absolute Gasteiger partial charge is 0.0640 e. The maximum absolute atomic E-state index is 6.26. The zero-order chi connectivity index (χ0) is 13.4. The summed E-state index contributed by atoms with van der Waals surface area (Å²) in [5.41, 5.74) is 4.95. The third-order valence-corrected chi connectivity index (χ3v) is 4.22. The Morgan fingerprint density at radius 2 is 1.84 bits per heavy atom. The first-order valence-electron chi connectivity index (χ1n) is 6.42. The molecule has 1 aliphatic carbocycles. The van der Waals surface area contributed by atoms with Crippen molar-refractivity contribution in [2.24, 2.45) is 0 Å². The van der Waals surface area contributed by atoms with Gasteiger partial charge in [-0.15, -0.1) is 0 Å². The van der Waals surface area contributed by atoms with Crippen molar-refractivity contribution in [2.75, 3.05) is 5.32 Å². The third kappa shape index (κ3) is 2.58. The first-order valence-corrected chi connectivity index (χ1v) is 7.18. The van der Waals surface area contributed by atoms with Crippen LogP contribution in [0, 0.1) is 6.92 Å². The lowest BCUT2D eigenvalue weighted by Gasteiger charge is -2.17.